The van der Waals surface area contributed by atoms with Gasteiger partial charge in [-0.25, -0.2) is 0 Å². The smallest absolute Gasteiger partial charge is 0.0613 e. The summed E-state index contributed by atoms with van der Waals surface area (Å²) in [6.45, 7) is 4.97. The molecule has 2 saturated carbocycles. The Kier molecular flexibility index (Phi) is 5.08. The van der Waals surface area contributed by atoms with Crippen LogP contribution in [-0.4, -0.2) is 23.3 Å². The van der Waals surface area contributed by atoms with Crippen molar-refractivity contribution in [1.82, 2.24) is 5.32 Å². The highest BCUT2D eigenvalue weighted by atomic mass is 16.3. The van der Waals surface area contributed by atoms with Crippen molar-refractivity contribution < 1.29 is 5.11 Å². The first-order valence-corrected chi connectivity index (χ1v) is 8.06. The lowest BCUT2D eigenvalue weighted by molar-refractivity contribution is 0.0788. The van der Waals surface area contributed by atoms with Crippen molar-refractivity contribution in [1.29, 1.82) is 0 Å². The third-order valence-corrected chi connectivity index (χ3v) is 5.33. The van der Waals surface area contributed by atoms with E-state index >= 15 is 0 Å². The van der Waals surface area contributed by atoms with Gasteiger partial charge in [0.1, 0.15) is 0 Å². The van der Waals surface area contributed by atoms with Crippen molar-refractivity contribution in [2.45, 2.75) is 83.2 Å². The van der Waals surface area contributed by atoms with E-state index in [1.54, 1.807) is 0 Å². The van der Waals surface area contributed by atoms with Gasteiger partial charge in [-0.05, 0) is 50.4 Å². The van der Waals surface area contributed by atoms with Crippen molar-refractivity contribution in [3.63, 3.8) is 0 Å². The summed E-state index contributed by atoms with van der Waals surface area (Å²) < 4.78 is 0. The first-order chi connectivity index (χ1) is 8.67. The molecule has 0 amide bonds. The standard InChI is InChI=1S/C16H31NO/c1-3-14-6-8-15(9-7-14)17-16(12-18)10-4-5-13(2)11-16/h13-15,17-18H,3-12H2,1-2H3. The molecule has 0 spiro atoms. The van der Waals surface area contributed by atoms with Crippen molar-refractivity contribution >= 4 is 0 Å². The highest BCUT2D eigenvalue weighted by molar-refractivity contribution is 4.95. The Morgan fingerprint density at radius 3 is 2.44 bits per heavy atom. The van der Waals surface area contributed by atoms with E-state index in [1.807, 2.05) is 0 Å². The second kappa shape index (κ2) is 6.38. The van der Waals surface area contributed by atoms with Gasteiger partial charge in [-0.1, -0.05) is 33.1 Å². The third-order valence-electron chi connectivity index (χ3n) is 5.33. The van der Waals surface area contributed by atoms with E-state index in [2.05, 4.69) is 19.2 Å². The number of aliphatic hydroxyl groups is 1. The summed E-state index contributed by atoms with van der Waals surface area (Å²) >= 11 is 0. The molecule has 2 fully saturated rings. The van der Waals surface area contributed by atoms with E-state index in [1.165, 1.54) is 51.4 Å². The zero-order valence-corrected chi connectivity index (χ0v) is 12.3. The Balaban J connectivity index is 1.86. The molecular formula is C16H31NO. The molecule has 0 heterocycles. The van der Waals surface area contributed by atoms with E-state index in [9.17, 15) is 5.11 Å². The third kappa shape index (κ3) is 3.48. The molecule has 0 aliphatic heterocycles. The molecule has 0 saturated heterocycles. The van der Waals surface area contributed by atoms with Crippen LogP contribution in [0.3, 0.4) is 0 Å². The summed E-state index contributed by atoms with van der Waals surface area (Å²) in [7, 11) is 0. The largest absolute Gasteiger partial charge is 0.394 e. The lowest BCUT2D eigenvalue weighted by Crippen LogP contribution is -2.56. The van der Waals surface area contributed by atoms with Crippen molar-refractivity contribution in [3.8, 4) is 0 Å². The van der Waals surface area contributed by atoms with Crippen LogP contribution in [-0.2, 0) is 0 Å². The molecule has 0 aromatic carbocycles. The van der Waals surface area contributed by atoms with Crippen LogP contribution in [0.25, 0.3) is 0 Å². The molecule has 2 rings (SSSR count). The van der Waals surface area contributed by atoms with Crippen LogP contribution in [0.15, 0.2) is 0 Å². The monoisotopic (exact) mass is 253 g/mol. The Labute approximate surface area is 113 Å². The maximum atomic E-state index is 9.83. The van der Waals surface area contributed by atoms with Gasteiger partial charge < -0.3 is 10.4 Å². The second-order valence-corrected chi connectivity index (χ2v) is 6.91. The minimum Gasteiger partial charge on any atom is -0.394 e. The molecule has 106 valence electrons. The van der Waals surface area contributed by atoms with E-state index < -0.39 is 0 Å². The number of nitrogens with one attached hydrogen (secondary N) is 1. The molecule has 2 aliphatic carbocycles. The normalized spacial score (nSPS) is 41.8. The summed E-state index contributed by atoms with van der Waals surface area (Å²) in [6, 6.07) is 0.658. The fourth-order valence-corrected chi connectivity index (χ4v) is 4.13. The zero-order valence-electron chi connectivity index (χ0n) is 12.3. The maximum Gasteiger partial charge on any atom is 0.0613 e. The average Bonchev–Trinajstić information content (AvgIpc) is 2.39. The maximum absolute atomic E-state index is 9.83. The molecule has 0 aromatic rings. The lowest BCUT2D eigenvalue weighted by Gasteiger charge is -2.43. The topological polar surface area (TPSA) is 32.3 Å². The van der Waals surface area contributed by atoms with Crippen LogP contribution in [0.4, 0.5) is 0 Å². The molecule has 0 radical (unpaired) electrons. The molecule has 0 bridgehead atoms. The van der Waals surface area contributed by atoms with Crippen LogP contribution >= 0.6 is 0 Å². The molecule has 2 N–H and O–H groups in total. The SMILES string of the molecule is CCC1CCC(NC2(CO)CCCC(C)C2)CC1. The summed E-state index contributed by atoms with van der Waals surface area (Å²) in [4.78, 5) is 0. The van der Waals surface area contributed by atoms with Crippen LogP contribution in [0, 0.1) is 11.8 Å². The van der Waals surface area contributed by atoms with Crippen LogP contribution in [0.5, 0.6) is 0 Å². The van der Waals surface area contributed by atoms with E-state index in [0.717, 1.165) is 18.3 Å². The molecule has 2 atom stereocenters. The minimum atomic E-state index is 0.0430. The summed E-state index contributed by atoms with van der Waals surface area (Å²) in [5.74, 6) is 1.73. The summed E-state index contributed by atoms with van der Waals surface area (Å²) in [5, 5.41) is 13.7. The number of hydrogen-bond acceptors (Lipinski definition) is 2. The first kappa shape index (κ1) is 14.3. The fourth-order valence-electron chi connectivity index (χ4n) is 4.13. The van der Waals surface area contributed by atoms with E-state index in [0.29, 0.717) is 12.6 Å². The molecule has 2 heteroatoms. The van der Waals surface area contributed by atoms with Crippen LogP contribution in [0.2, 0.25) is 0 Å². The molecule has 2 aliphatic rings. The van der Waals surface area contributed by atoms with Gasteiger partial charge in [-0.2, -0.15) is 0 Å². The first-order valence-electron chi connectivity index (χ1n) is 8.06. The number of aliphatic hydroxyl groups excluding tert-OH is 1. The molecule has 2 nitrogen and oxygen atoms in total. The molecule has 2 unspecified atom stereocenters. The molecule has 18 heavy (non-hydrogen) atoms. The Morgan fingerprint density at radius 2 is 1.89 bits per heavy atom. The summed E-state index contributed by atoms with van der Waals surface area (Å²) in [6.07, 6.45) is 11.7. The highest BCUT2D eigenvalue weighted by Crippen LogP contribution is 2.34. The van der Waals surface area contributed by atoms with Crippen LogP contribution < -0.4 is 5.32 Å². The fraction of sp³-hybridized carbons (Fsp3) is 1.00. The Morgan fingerprint density at radius 1 is 1.17 bits per heavy atom. The number of rotatable bonds is 4. The van der Waals surface area contributed by atoms with Crippen molar-refractivity contribution in [2.75, 3.05) is 6.61 Å². The van der Waals surface area contributed by atoms with Crippen molar-refractivity contribution in [2.24, 2.45) is 11.8 Å². The zero-order chi connectivity index (χ0) is 13.0. The van der Waals surface area contributed by atoms with Gasteiger partial charge in [-0.15, -0.1) is 0 Å². The quantitative estimate of drug-likeness (QED) is 0.804. The summed E-state index contributed by atoms with van der Waals surface area (Å²) in [5.41, 5.74) is 0.0430. The molecular weight excluding hydrogens is 222 g/mol. The van der Waals surface area contributed by atoms with Gasteiger partial charge in [0.15, 0.2) is 0 Å². The predicted molar refractivity (Wildman–Crippen MR) is 76.6 cm³/mol. The Hall–Kier alpha value is -0.0800. The van der Waals surface area contributed by atoms with Crippen molar-refractivity contribution in [3.05, 3.63) is 0 Å². The second-order valence-electron chi connectivity index (χ2n) is 6.91. The van der Waals surface area contributed by atoms with Gasteiger partial charge in [0, 0.05) is 11.6 Å². The van der Waals surface area contributed by atoms with E-state index in [4.69, 9.17) is 0 Å². The van der Waals surface area contributed by atoms with Crippen LogP contribution in [0.1, 0.15) is 71.6 Å². The Bertz CT molecular complexity index is 247. The predicted octanol–water partition coefficient (Wildman–Crippen LogP) is 3.49. The average molecular weight is 253 g/mol. The highest BCUT2D eigenvalue weighted by Gasteiger charge is 2.36. The van der Waals surface area contributed by atoms with Gasteiger partial charge in [0.05, 0.1) is 6.61 Å². The van der Waals surface area contributed by atoms with Gasteiger partial charge in [0.2, 0.25) is 0 Å². The van der Waals surface area contributed by atoms with Gasteiger partial charge >= 0.3 is 0 Å². The van der Waals surface area contributed by atoms with Gasteiger partial charge in [0.25, 0.3) is 0 Å². The van der Waals surface area contributed by atoms with E-state index in [-0.39, 0.29) is 5.54 Å². The minimum absolute atomic E-state index is 0.0430. The number of hydrogen-bond donors (Lipinski definition) is 2. The van der Waals surface area contributed by atoms with Gasteiger partial charge in [-0.3, -0.25) is 0 Å². The lowest BCUT2D eigenvalue weighted by atomic mass is 9.75. The molecule has 0 aromatic heterocycles.